The van der Waals surface area contributed by atoms with Crippen molar-refractivity contribution in [1.29, 1.82) is 0 Å². The first-order valence-electron chi connectivity index (χ1n) is 5.84. The molecule has 1 spiro atoms. The summed E-state index contributed by atoms with van der Waals surface area (Å²) in [5.41, 5.74) is 1.82. The fourth-order valence-electron chi connectivity index (χ4n) is 3.62. The van der Waals surface area contributed by atoms with Gasteiger partial charge in [0.2, 0.25) is 0 Å². The van der Waals surface area contributed by atoms with Crippen molar-refractivity contribution in [2.45, 2.75) is 18.4 Å². The molecule has 1 aliphatic heterocycles. The summed E-state index contributed by atoms with van der Waals surface area (Å²) in [4.78, 5) is 4.19. The maximum Gasteiger partial charge on any atom is 0.129 e. The Hall–Kier alpha value is -0.860. The molecule has 0 amide bonds. The number of halogens is 1. The van der Waals surface area contributed by atoms with Crippen LogP contribution in [0.15, 0.2) is 30.5 Å². The molecule has 4 unspecified atom stereocenters. The molecule has 0 radical (unpaired) electrons. The van der Waals surface area contributed by atoms with Crippen LogP contribution in [0.1, 0.15) is 17.9 Å². The van der Waals surface area contributed by atoms with Gasteiger partial charge in [-0.05, 0) is 24.0 Å². The number of nitrogens with zero attached hydrogens (tertiary/aromatic N) is 1. The fraction of sp³-hybridized carbons (Fsp3) is 0.462. The van der Waals surface area contributed by atoms with Gasteiger partial charge in [0.15, 0.2) is 0 Å². The summed E-state index contributed by atoms with van der Waals surface area (Å²) in [5, 5.41) is 4.16. The van der Waals surface area contributed by atoms with Crippen LogP contribution in [0.5, 0.6) is 0 Å². The molecule has 82 valence electrons. The van der Waals surface area contributed by atoms with E-state index in [0.29, 0.717) is 22.5 Å². The van der Waals surface area contributed by atoms with Gasteiger partial charge in [0.1, 0.15) is 5.15 Å². The maximum absolute atomic E-state index is 5.83. The molecular weight excluding hydrogens is 220 g/mol. The van der Waals surface area contributed by atoms with E-state index >= 15 is 0 Å². The van der Waals surface area contributed by atoms with Crippen LogP contribution in [-0.2, 0) is 0 Å². The van der Waals surface area contributed by atoms with Crippen molar-refractivity contribution < 1.29 is 0 Å². The van der Waals surface area contributed by atoms with Crippen molar-refractivity contribution in [3.63, 3.8) is 0 Å². The zero-order valence-electron chi connectivity index (χ0n) is 8.86. The summed E-state index contributed by atoms with van der Waals surface area (Å²) < 4.78 is 0. The van der Waals surface area contributed by atoms with Crippen molar-refractivity contribution >= 4 is 11.6 Å². The molecular formula is C13H13ClN2. The second-order valence-corrected chi connectivity index (χ2v) is 5.58. The van der Waals surface area contributed by atoms with Crippen LogP contribution < -0.4 is 5.32 Å². The first-order valence-corrected chi connectivity index (χ1v) is 6.22. The van der Waals surface area contributed by atoms with E-state index in [2.05, 4.69) is 28.5 Å². The third-order valence-electron chi connectivity index (χ3n) is 4.63. The summed E-state index contributed by atoms with van der Waals surface area (Å²) in [6.07, 6.45) is 7.97. The molecule has 1 aromatic heterocycles. The van der Waals surface area contributed by atoms with Gasteiger partial charge in [-0.25, -0.2) is 4.98 Å². The molecule has 3 heteroatoms. The minimum Gasteiger partial charge on any atom is -0.311 e. The van der Waals surface area contributed by atoms with Gasteiger partial charge in [0.05, 0.1) is 0 Å². The summed E-state index contributed by atoms with van der Waals surface area (Å²) in [7, 11) is 0. The lowest BCUT2D eigenvalue weighted by molar-refractivity contribution is 0.114. The predicted octanol–water partition coefficient (Wildman–Crippen LogP) is 2.37. The first kappa shape index (κ1) is 9.20. The number of allylic oxidation sites excluding steroid dienone is 1. The Morgan fingerprint density at radius 2 is 2.38 bits per heavy atom. The van der Waals surface area contributed by atoms with Crippen LogP contribution >= 0.6 is 11.6 Å². The Balaban J connectivity index is 1.69. The molecule has 1 saturated heterocycles. The highest BCUT2D eigenvalue weighted by molar-refractivity contribution is 6.29. The average Bonchev–Trinajstić information content (AvgIpc) is 2.35. The minimum atomic E-state index is 0.490. The lowest BCUT2D eigenvalue weighted by atomic mass is 9.62. The van der Waals surface area contributed by atoms with Gasteiger partial charge in [0, 0.05) is 30.1 Å². The Kier molecular flexibility index (Phi) is 1.65. The van der Waals surface area contributed by atoms with E-state index in [0.717, 1.165) is 12.5 Å². The summed E-state index contributed by atoms with van der Waals surface area (Å²) in [6, 6.07) is 4.65. The van der Waals surface area contributed by atoms with Crippen LogP contribution in [0.2, 0.25) is 5.15 Å². The number of rotatable bonds is 1. The molecule has 2 nitrogen and oxygen atoms in total. The van der Waals surface area contributed by atoms with Gasteiger partial charge >= 0.3 is 0 Å². The molecule has 1 aromatic rings. The van der Waals surface area contributed by atoms with E-state index in [9.17, 15) is 0 Å². The molecule has 2 heterocycles. The molecule has 2 fully saturated rings. The van der Waals surface area contributed by atoms with Crippen LogP contribution in [-0.4, -0.2) is 17.6 Å². The summed E-state index contributed by atoms with van der Waals surface area (Å²) >= 11 is 5.83. The quantitative estimate of drug-likeness (QED) is 0.594. The normalized spacial score (nSPS) is 43.2. The van der Waals surface area contributed by atoms with E-state index in [1.54, 1.807) is 0 Å². The Bertz CT molecular complexity index is 467. The monoisotopic (exact) mass is 232 g/mol. The van der Waals surface area contributed by atoms with Gasteiger partial charge in [0.25, 0.3) is 0 Å². The highest BCUT2D eigenvalue weighted by atomic mass is 35.5. The SMILES string of the molecule is Clc1ccc(C2CC3C=CC34CNC24)cn1. The summed E-state index contributed by atoms with van der Waals surface area (Å²) in [5.74, 6) is 1.40. The van der Waals surface area contributed by atoms with Gasteiger partial charge in [-0.3, -0.25) is 0 Å². The van der Waals surface area contributed by atoms with Crippen molar-refractivity contribution in [3.8, 4) is 0 Å². The largest absolute Gasteiger partial charge is 0.311 e. The minimum absolute atomic E-state index is 0.490. The number of hydrogen-bond acceptors (Lipinski definition) is 2. The molecule has 0 bridgehead atoms. The highest BCUT2D eigenvalue weighted by Crippen LogP contribution is 2.60. The van der Waals surface area contributed by atoms with E-state index in [1.165, 1.54) is 12.0 Å². The number of aromatic nitrogens is 1. The predicted molar refractivity (Wildman–Crippen MR) is 63.5 cm³/mol. The van der Waals surface area contributed by atoms with Crippen molar-refractivity contribution in [1.82, 2.24) is 10.3 Å². The third-order valence-corrected chi connectivity index (χ3v) is 4.85. The van der Waals surface area contributed by atoms with E-state index < -0.39 is 0 Å². The Labute approximate surface area is 99.7 Å². The second-order valence-electron chi connectivity index (χ2n) is 5.19. The Morgan fingerprint density at radius 3 is 2.88 bits per heavy atom. The molecule has 16 heavy (non-hydrogen) atoms. The molecule has 2 aliphatic carbocycles. The van der Waals surface area contributed by atoms with E-state index in [4.69, 9.17) is 11.6 Å². The maximum atomic E-state index is 5.83. The van der Waals surface area contributed by atoms with Crippen LogP contribution in [0.25, 0.3) is 0 Å². The Morgan fingerprint density at radius 1 is 1.44 bits per heavy atom. The second kappa shape index (κ2) is 2.88. The van der Waals surface area contributed by atoms with Crippen LogP contribution in [0.3, 0.4) is 0 Å². The van der Waals surface area contributed by atoms with Crippen LogP contribution in [0.4, 0.5) is 0 Å². The lowest BCUT2D eigenvalue weighted by Crippen LogP contribution is -2.64. The molecule has 1 N–H and O–H groups in total. The number of nitrogens with one attached hydrogen (secondary N) is 1. The van der Waals surface area contributed by atoms with Gasteiger partial charge in [-0.15, -0.1) is 0 Å². The third kappa shape index (κ3) is 0.950. The van der Waals surface area contributed by atoms with Gasteiger partial charge in [-0.2, -0.15) is 0 Å². The smallest absolute Gasteiger partial charge is 0.129 e. The average molecular weight is 233 g/mol. The van der Waals surface area contributed by atoms with Crippen molar-refractivity contribution in [2.24, 2.45) is 11.3 Å². The molecule has 1 saturated carbocycles. The highest BCUT2D eigenvalue weighted by Gasteiger charge is 2.61. The van der Waals surface area contributed by atoms with Crippen LogP contribution in [0, 0.1) is 11.3 Å². The molecule has 4 rings (SSSR count). The standard InChI is InChI=1S/C13H13ClN2/c14-11-2-1-8(6-15-11)10-5-9-3-4-13(9)7-16-12(10)13/h1-4,6,9-10,12,16H,5,7H2. The summed E-state index contributed by atoms with van der Waals surface area (Å²) in [6.45, 7) is 1.16. The molecule has 3 aliphatic rings. The first-order chi connectivity index (χ1) is 7.79. The van der Waals surface area contributed by atoms with Crippen molar-refractivity contribution in [3.05, 3.63) is 41.2 Å². The topological polar surface area (TPSA) is 24.9 Å². The molecule has 4 atom stereocenters. The van der Waals surface area contributed by atoms with Crippen molar-refractivity contribution in [2.75, 3.05) is 6.54 Å². The van der Waals surface area contributed by atoms with E-state index in [-0.39, 0.29) is 0 Å². The zero-order chi connectivity index (χ0) is 10.8. The van der Waals surface area contributed by atoms with Gasteiger partial charge < -0.3 is 5.32 Å². The van der Waals surface area contributed by atoms with E-state index in [1.807, 2.05) is 12.3 Å². The van der Waals surface area contributed by atoms with Gasteiger partial charge in [-0.1, -0.05) is 29.8 Å². The number of hydrogen-bond donors (Lipinski definition) is 1. The zero-order valence-corrected chi connectivity index (χ0v) is 9.61. The fourth-order valence-corrected chi connectivity index (χ4v) is 3.73. The molecule has 0 aromatic carbocycles. The number of pyridine rings is 1. The lowest BCUT2D eigenvalue weighted by Gasteiger charge is -2.52.